The fourth-order valence-electron chi connectivity index (χ4n) is 4.50. The van der Waals surface area contributed by atoms with E-state index in [0.29, 0.717) is 6.54 Å². The number of aryl methyl sites for hydroxylation is 1. The van der Waals surface area contributed by atoms with Gasteiger partial charge in [0, 0.05) is 39.8 Å². The van der Waals surface area contributed by atoms with Gasteiger partial charge >= 0.3 is 12.1 Å². The fraction of sp³-hybridized carbons (Fsp3) is 0.478. The van der Waals surface area contributed by atoms with Gasteiger partial charge in [-0.2, -0.15) is 18.3 Å². The minimum Gasteiger partial charge on any atom is -0.497 e. The first-order valence-corrected chi connectivity index (χ1v) is 11.1. The number of ether oxygens (including phenoxy) is 1. The molecule has 2 saturated heterocycles. The number of alkyl halides is 3. The van der Waals surface area contributed by atoms with Crippen LogP contribution in [0.5, 0.6) is 5.75 Å². The molecule has 2 aliphatic heterocycles. The van der Waals surface area contributed by atoms with Crippen molar-refractivity contribution in [2.75, 3.05) is 38.2 Å². The number of carbonyl (C=O) groups excluding carboxylic acids is 2. The van der Waals surface area contributed by atoms with E-state index in [1.54, 1.807) is 34.7 Å². The van der Waals surface area contributed by atoms with Crippen LogP contribution in [0.2, 0.25) is 0 Å². The van der Waals surface area contributed by atoms with Crippen molar-refractivity contribution in [3.05, 3.63) is 42.2 Å². The molecule has 0 saturated carbocycles. The van der Waals surface area contributed by atoms with Crippen LogP contribution in [0.25, 0.3) is 0 Å². The van der Waals surface area contributed by atoms with E-state index in [4.69, 9.17) is 14.6 Å². The van der Waals surface area contributed by atoms with Crippen molar-refractivity contribution >= 4 is 23.5 Å². The fourth-order valence-corrected chi connectivity index (χ4v) is 4.50. The van der Waals surface area contributed by atoms with Crippen molar-refractivity contribution in [1.82, 2.24) is 19.6 Å². The number of carbonyl (C=O) groups is 3. The van der Waals surface area contributed by atoms with Gasteiger partial charge in [0.2, 0.25) is 11.8 Å². The summed E-state index contributed by atoms with van der Waals surface area (Å²) in [5.41, 5.74) is 1.61. The molecule has 1 atom stereocenters. The summed E-state index contributed by atoms with van der Waals surface area (Å²) in [5, 5.41) is 11.3. The Hall–Kier alpha value is -3.61. The highest BCUT2D eigenvalue weighted by Crippen LogP contribution is 2.35. The topological polar surface area (TPSA) is 108 Å². The van der Waals surface area contributed by atoms with Crippen LogP contribution in [0.15, 0.2) is 36.7 Å². The molecule has 1 spiro atoms. The summed E-state index contributed by atoms with van der Waals surface area (Å²) in [4.78, 5) is 40.0. The van der Waals surface area contributed by atoms with E-state index in [1.807, 2.05) is 25.4 Å². The lowest BCUT2D eigenvalue weighted by Gasteiger charge is -2.48. The van der Waals surface area contributed by atoms with E-state index in [2.05, 4.69) is 22.1 Å². The van der Waals surface area contributed by atoms with Crippen molar-refractivity contribution in [3.63, 3.8) is 0 Å². The zero-order valence-electron chi connectivity index (χ0n) is 20.2. The Morgan fingerprint density at radius 3 is 2.33 bits per heavy atom. The van der Waals surface area contributed by atoms with Crippen LogP contribution in [-0.2, 0) is 28.0 Å². The first-order valence-electron chi connectivity index (χ1n) is 11.1. The lowest BCUT2D eigenvalue weighted by atomic mass is 9.92. The predicted octanol–water partition coefficient (Wildman–Crippen LogP) is 1.90. The predicted molar refractivity (Wildman–Crippen MR) is 122 cm³/mol. The van der Waals surface area contributed by atoms with E-state index >= 15 is 0 Å². The Labute approximate surface area is 205 Å². The normalized spacial score (nSPS) is 20.3. The molecule has 1 aromatic heterocycles. The van der Waals surface area contributed by atoms with E-state index in [-0.39, 0.29) is 23.9 Å². The lowest BCUT2D eigenvalue weighted by molar-refractivity contribution is -0.192. The molecule has 196 valence electrons. The van der Waals surface area contributed by atoms with Crippen molar-refractivity contribution in [3.8, 4) is 5.75 Å². The second-order valence-electron chi connectivity index (χ2n) is 8.79. The van der Waals surface area contributed by atoms with Gasteiger partial charge in [-0.05, 0) is 24.1 Å². The standard InChI is InChI=1S/C21H27N5O3.C2HF3O2/c1-16(27)26-13-20(28)25(18-10-22-23(2)12-18)15-21(26)8-9-24(14-21)11-17-4-6-19(29-3)7-5-17;3-2(4,5)1(6)7/h4-7,10,12H,8-9,11,13-15H2,1-3H3;(H,6,7). The van der Waals surface area contributed by atoms with Gasteiger partial charge in [0.15, 0.2) is 0 Å². The number of nitrogens with zero attached hydrogens (tertiary/aromatic N) is 5. The first-order chi connectivity index (χ1) is 16.8. The zero-order chi connectivity index (χ0) is 26.7. The molecule has 2 amide bonds. The summed E-state index contributed by atoms with van der Waals surface area (Å²) in [6, 6.07) is 8.07. The Bertz CT molecular complexity index is 1100. The molecule has 13 heteroatoms. The number of hydrogen-bond acceptors (Lipinski definition) is 6. The maximum atomic E-state index is 12.8. The number of halogens is 3. The third kappa shape index (κ3) is 6.14. The number of aliphatic carboxylic acids is 1. The number of amides is 2. The van der Waals surface area contributed by atoms with Crippen LogP contribution < -0.4 is 9.64 Å². The Balaban J connectivity index is 0.000000454. The molecule has 2 fully saturated rings. The number of hydrogen-bond donors (Lipinski definition) is 1. The largest absolute Gasteiger partial charge is 0.497 e. The highest BCUT2D eigenvalue weighted by molar-refractivity contribution is 5.98. The molecule has 1 N–H and O–H groups in total. The Morgan fingerprint density at radius 2 is 1.83 bits per heavy atom. The minimum atomic E-state index is -5.08. The molecule has 10 nitrogen and oxygen atoms in total. The third-order valence-electron chi connectivity index (χ3n) is 6.22. The summed E-state index contributed by atoms with van der Waals surface area (Å²) in [5.74, 6) is -2.03. The van der Waals surface area contributed by atoms with Gasteiger partial charge in [-0.15, -0.1) is 0 Å². The molecule has 1 aromatic carbocycles. The first kappa shape index (κ1) is 27.0. The van der Waals surface area contributed by atoms with E-state index < -0.39 is 12.1 Å². The maximum Gasteiger partial charge on any atom is 0.490 e. The smallest absolute Gasteiger partial charge is 0.490 e. The van der Waals surface area contributed by atoms with Crippen molar-refractivity contribution in [1.29, 1.82) is 0 Å². The van der Waals surface area contributed by atoms with Crippen LogP contribution in [-0.4, -0.2) is 87.5 Å². The molecule has 2 aliphatic rings. The van der Waals surface area contributed by atoms with Crippen LogP contribution in [0, 0.1) is 0 Å². The number of piperazine rings is 1. The molecular weight excluding hydrogens is 483 g/mol. The quantitative estimate of drug-likeness (QED) is 0.668. The number of carboxylic acids is 1. The van der Waals surface area contributed by atoms with Gasteiger partial charge in [-0.1, -0.05) is 12.1 Å². The van der Waals surface area contributed by atoms with E-state index in [0.717, 1.165) is 37.5 Å². The number of rotatable bonds is 4. The summed E-state index contributed by atoms with van der Waals surface area (Å²) < 4.78 is 38.7. The average Bonchev–Trinajstić information content (AvgIpc) is 3.42. The maximum absolute atomic E-state index is 12.8. The third-order valence-corrected chi connectivity index (χ3v) is 6.22. The second kappa shape index (κ2) is 10.6. The molecule has 4 rings (SSSR count). The number of anilines is 1. The van der Waals surface area contributed by atoms with Crippen LogP contribution in [0.4, 0.5) is 18.9 Å². The highest BCUT2D eigenvalue weighted by Gasteiger charge is 2.50. The van der Waals surface area contributed by atoms with Gasteiger partial charge in [-0.3, -0.25) is 19.2 Å². The number of likely N-dealkylation sites (tertiary alicyclic amines) is 1. The minimum absolute atomic E-state index is 0.0458. The molecule has 1 unspecified atom stereocenters. The molecular formula is C23H28F3N5O5. The monoisotopic (exact) mass is 511 g/mol. The lowest BCUT2D eigenvalue weighted by Crippen LogP contribution is -2.66. The van der Waals surface area contributed by atoms with E-state index in [1.165, 1.54) is 5.56 Å². The van der Waals surface area contributed by atoms with Gasteiger partial charge in [0.05, 0.1) is 31.1 Å². The van der Waals surface area contributed by atoms with Gasteiger partial charge in [0.25, 0.3) is 0 Å². The SMILES string of the molecule is COc1ccc(CN2CCC3(C2)CN(c2cnn(C)c2)C(=O)CN3C(C)=O)cc1.O=C(O)C(F)(F)F. The molecule has 0 bridgehead atoms. The van der Waals surface area contributed by atoms with Gasteiger partial charge < -0.3 is 19.6 Å². The zero-order valence-corrected chi connectivity index (χ0v) is 20.2. The van der Waals surface area contributed by atoms with Crippen molar-refractivity contribution in [2.45, 2.75) is 31.6 Å². The van der Waals surface area contributed by atoms with Crippen LogP contribution in [0.3, 0.4) is 0 Å². The number of benzene rings is 1. The Kier molecular flexibility index (Phi) is 7.92. The van der Waals surface area contributed by atoms with Gasteiger partial charge in [0.1, 0.15) is 12.3 Å². The van der Waals surface area contributed by atoms with Crippen molar-refractivity contribution in [2.24, 2.45) is 7.05 Å². The molecule has 2 aromatic rings. The summed E-state index contributed by atoms with van der Waals surface area (Å²) >= 11 is 0. The Morgan fingerprint density at radius 1 is 1.19 bits per heavy atom. The number of carboxylic acid groups (broad SMARTS) is 1. The van der Waals surface area contributed by atoms with Crippen LogP contribution >= 0.6 is 0 Å². The molecule has 36 heavy (non-hydrogen) atoms. The summed E-state index contributed by atoms with van der Waals surface area (Å²) in [7, 11) is 3.50. The van der Waals surface area contributed by atoms with E-state index in [9.17, 15) is 22.8 Å². The molecule has 0 aliphatic carbocycles. The van der Waals surface area contributed by atoms with Crippen LogP contribution in [0.1, 0.15) is 18.9 Å². The number of methoxy groups -OCH3 is 1. The molecule has 0 radical (unpaired) electrons. The molecule has 3 heterocycles. The number of aromatic nitrogens is 2. The summed E-state index contributed by atoms with van der Waals surface area (Å²) in [6.45, 7) is 4.59. The van der Waals surface area contributed by atoms with Crippen molar-refractivity contribution < 1.29 is 37.4 Å². The van der Waals surface area contributed by atoms with Gasteiger partial charge in [-0.25, -0.2) is 4.79 Å². The average molecular weight is 512 g/mol. The highest BCUT2D eigenvalue weighted by atomic mass is 19.4. The second-order valence-corrected chi connectivity index (χ2v) is 8.79. The summed E-state index contributed by atoms with van der Waals surface area (Å²) in [6.07, 6.45) is -0.690.